The molecule has 1 aromatic carbocycles. The molecule has 3 rings (SSSR count). The first-order chi connectivity index (χ1) is 11.7. The predicted molar refractivity (Wildman–Crippen MR) is 94.0 cm³/mol. The maximum absolute atomic E-state index is 12.3. The molecule has 0 amide bonds. The molecular formula is C19H19N3O2. The molecule has 0 bridgehead atoms. The van der Waals surface area contributed by atoms with Gasteiger partial charge in [-0.25, -0.2) is 4.79 Å². The highest BCUT2D eigenvalue weighted by Gasteiger charge is 2.17. The zero-order valence-corrected chi connectivity index (χ0v) is 13.7. The van der Waals surface area contributed by atoms with Gasteiger partial charge in [-0.3, -0.25) is 9.97 Å². The molecule has 122 valence electrons. The van der Waals surface area contributed by atoms with Crippen molar-refractivity contribution in [1.82, 2.24) is 9.97 Å². The molecule has 24 heavy (non-hydrogen) atoms. The number of aryl methyl sites for hydroxylation is 1. The van der Waals surface area contributed by atoms with Crippen molar-refractivity contribution >= 4 is 22.6 Å². The van der Waals surface area contributed by atoms with Crippen LogP contribution in [0.2, 0.25) is 0 Å². The average Bonchev–Trinajstić information content (AvgIpc) is 2.61. The third kappa shape index (κ3) is 3.20. The van der Waals surface area contributed by atoms with Crippen molar-refractivity contribution in [2.24, 2.45) is 0 Å². The van der Waals surface area contributed by atoms with Crippen LogP contribution in [0, 0.1) is 6.92 Å². The van der Waals surface area contributed by atoms with Gasteiger partial charge < -0.3 is 10.1 Å². The topological polar surface area (TPSA) is 64.1 Å². The lowest BCUT2D eigenvalue weighted by atomic mass is 10.1. The molecule has 0 spiro atoms. The molecule has 0 radical (unpaired) electrons. The van der Waals surface area contributed by atoms with Crippen molar-refractivity contribution in [2.45, 2.75) is 20.4 Å². The van der Waals surface area contributed by atoms with Gasteiger partial charge in [0.2, 0.25) is 0 Å². The van der Waals surface area contributed by atoms with E-state index in [0.29, 0.717) is 18.7 Å². The molecule has 0 aliphatic carbocycles. The molecule has 5 heteroatoms. The average molecular weight is 321 g/mol. The van der Waals surface area contributed by atoms with Gasteiger partial charge in [0.15, 0.2) is 0 Å². The van der Waals surface area contributed by atoms with Crippen molar-refractivity contribution < 1.29 is 9.53 Å². The van der Waals surface area contributed by atoms with E-state index in [-0.39, 0.29) is 5.97 Å². The zero-order chi connectivity index (χ0) is 16.9. The lowest BCUT2D eigenvalue weighted by Crippen LogP contribution is -2.11. The van der Waals surface area contributed by atoms with Crippen LogP contribution >= 0.6 is 0 Å². The van der Waals surface area contributed by atoms with Gasteiger partial charge in [0, 0.05) is 30.5 Å². The number of benzene rings is 1. The number of carbonyl (C=O) groups is 1. The minimum atomic E-state index is -0.373. The Morgan fingerprint density at radius 1 is 1.21 bits per heavy atom. The molecular weight excluding hydrogens is 302 g/mol. The Bertz CT molecular complexity index is 863. The minimum absolute atomic E-state index is 0.326. The Morgan fingerprint density at radius 2 is 2.08 bits per heavy atom. The number of ether oxygens (including phenoxy) is 1. The number of nitrogens with one attached hydrogen (secondary N) is 1. The number of hydrogen-bond acceptors (Lipinski definition) is 5. The van der Waals surface area contributed by atoms with Crippen molar-refractivity contribution in [2.75, 3.05) is 11.9 Å². The van der Waals surface area contributed by atoms with Crippen LogP contribution in [0.25, 0.3) is 10.9 Å². The number of nitrogens with zero attached hydrogens (tertiary/aromatic N) is 2. The molecule has 0 saturated heterocycles. The highest BCUT2D eigenvalue weighted by Crippen LogP contribution is 2.28. The smallest absolute Gasteiger partial charge is 0.341 e. The summed E-state index contributed by atoms with van der Waals surface area (Å²) in [4.78, 5) is 20.9. The Hall–Kier alpha value is -2.95. The fourth-order valence-electron chi connectivity index (χ4n) is 2.62. The lowest BCUT2D eigenvalue weighted by molar-refractivity contribution is 0.0527. The van der Waals surface area contributed by atoms with E-state index in [1.165, 1.54) is 0 Å². The molecule has 1 N–H and O–H groups in total. The summed E-state index contributed by atoms with van der Waals surface area (Å²) >= 11 is 0. The van der Waals surface area contributed by atoms with E-state index in [4.69, 9.17) is 4.74 Å². The quantitative estimate of drug-likeness (QED) is 0.726. The van der Waals surface area contributed by atoms with Crippen LogP contribution in [0.15, 0.2) is 48.9 Å². The normalized spacial score (nSPS) is 10.6. The number of anilines is 1. The van der Waals surface area contributed by atoms with E-state index in [9.17, 15) is 4.79 Å². The molecule has 0 aliphatic rings. The third-order valence-electron chi connectivity index (χ3n) is 3.79. The van der Waals surface area contributed by atoms with Gasteiger partial charge >= 0.3 is 5.97 Å². The molecule has 0 atom stereocenters. The summed E-state index contributed by atoms with van der Waals surface area (Å²) in [6, 6.07) is 9.80. The fraction of sp³-hybridized carbons (Fsp3) is 0.211. The maximum Gasteiger partial charge on any atom is 0.341 e. The molecule has 2 heterocycles. The first-order valence-corrected chi connectivity index (χ1v) is 7.89. The standard InChI is InChI=1S/C19H19N3O2/c1-3-24-19(23)16-12-22-17-13(2)6-4-8-15(17)18(16)21-11-14-7-5-9-20-10-14/h4-10,12H,3,11H2,1-2H3,(H,21,22). The maximum atomic E-state index is 12.3. The van der Waals surface area contributed by atoms with Gasteiger partial charge in [-0.15, -0.1) is 0 Å². The summed E-state index contributed by atoms with van der Waals surface area (Å²) in [6.45, 7) is 4.68. The van der Waals surface area contributed by atoms with Crippen LogP contribution in [0.4, 0.5) is 5.69 Å². The van der Waals surface area contributed by atoms with Crippen molar-refractivity contribution in [3.63, 3.8) is 0 Å². The molecule has 5 nitrogen and oxygen atoms in total. The van der Waals surface area contributed by atoms with Crippen LogP contribution in [0.5, 0.6) is 0 Å². The Kier molecular flexibility index (Phi) is 4.70. The Labute approximate surface area is 140 Å². The van der Waals surface area contributed by atoms with E-state index in [1.54, 1.807) is 25.5 Å². The van der Waals surface area contributed by atoms with Crippen LogP contribution in [-0.2, 0) is 11.3 Å². The molecule has 0 unspecified atom stereocenters. The number of esters is 1. The van der Waals surface area contributed by atoms with Gasteiger partial charge in [-0.2, -0.15) is 0 Å². The highest BCUT2D eigenvalue weighted by molar-refractivity contribution is 6.05. The van der Waals surface area contributed by atoms with Crippen LogP contribution in [-0.4, -0.2) is 22.5 Å². The van der Waals surface area contributed by atoms with E-state index in [2.05, 4.69) is 15.3 Å². The van der Waals surface area contributed by atoms with E-state index >= 15 is 0 Å². The second-order valence-electron chi connectivity index (χ2n) is 5.45. The first kappa shape index (κ1) is 15.9. The zero-order valence-electron chi connectivity index (χ0n) is 13.7. The van der Waals surface area contributed by atoms with Crippen LogP contribution < -0.4 is 5.32 Å². The second-order valence-corrected chi connectivity index (χ2v) is 5.45. The molecule has 0 saturated carbocycles. The molecule has 2 aromatic heterocycles. The van der Waals surface area contributed by atoms with Crippen LogP contribution in [0.1, 0.15) is 28.4 Å². The number of aromatic nitrogens is 2. The SMILES string of the molecule is CCOC(=O)c1cnc2c(C)cccc2c1NCc1cccnc1. The summed E-state index contributed by atoms with van der Waals surface area (Å²) in [5.41, 5.74) is 4.15. The van der Waals surface area contributed by atoms with Gasteiger partial charge in [0.05, 0.1) is 17.8 Å². The van der Waals surface area contributed by atoms with E-state index in [0.717, 1.165) is 27.7 Å². The second kappa shape index (κ2) is 7.08. The summed E-state index contributed by atoms with van der Waals surface area (Å²) in [5, 5.41) is 4.27. The van der Waals surface area contributed by atoms with E-state index < -0.39 is 0 Å². The fourth-order valence-corrected chi connectivity index (χ4v) is 2.62. The Balaban J connectivity index is 2.05. The van der Waals surface area contributed by atoms with Crippen LogP contribution in [0.3, 0.4) is 0 Å². The van der Waals surface area contributed by atoms with Crippen molar-refractivity contribution in [1.29, 1.82) is 0 Å². The summed E-state index contributed by atoms with van der Waals surface area (Å²) in [7, 11) is 0. The summed E-state index contributed by atoms with van der Waals surface area (Å²) in [5.74, 6) is -0.373. The number of para-hydroxylation sites is 1. The van der Waals surface area contributed by atoms with Crippen molar-refractivity contribution in [3.05, 3.63) is 65.6 Å². The lowest BCUT2D eigenvalue weighted by Gasteiger charge is -2.15. The first-order valence-electron chi connectivity index (χ1n) is 7.89. The number of hydrogen-bond donors (Lipinski definition) is 1. The molecule has 3 aromatic rings. The minimum Gasteiger partial charge on any atom is -0.462 e. The van der Waals surface area contributed by atoms with Gasteiger partial charge in [-0.05, 0) is 31.0 Å². The molecule has 0 fully saturated rings. The predicted octanol–water partition coefficient (Wildman–Crippen LogP) is 3.73. The monoisotopic (exact) mass is 321 g/mol. The summed E-state index contributed by atoms with van der Waals surface area (Å²) in [6.07, 6.45) is 5.11. The number of rotatable bonds is 5. The largest absolute Gasteiger partial charge is 0.462 e. The van der Waals surface area contributed by atoms with E-state index in [1.807, 2.05) is 37.3 Å². The van der Waals surface area contributed by atoms with Gasteiger partial charge in [0.25, 0.3) is 0 Å². The summed E-state index contributed by atoms with van der Waals surface area (Å²) < 4.78 is 5.17. The number of fused-ring (bicyclic) bond motifs is 1. The number of pyridine rings is 2. The highest BCUT2D eigenvalue weighted by atomic mass is 16.5. The number of carbonyl (C=O) groups excluding carboxylic acids is 1. The third-order valence-corrected chi connectivity index (χ3v) is 3.79. The van der Waals surface area contributed by atoms with Gasteiger partial charge in [-0.1, -0.05) is 24.3 Å². The Morgan fingerprint density at radius 3 is 2.83 bits per heavy atom. The van der Waals surface area contributed by atoms with Crippen molar-refractivity contribution in [3.8, 4) is 0 Å². The molecule has 0 aliphatic heterocycles. The van der Waals surface area contributed by atoms with Gasteiger partial charge in [0.1, 0.15) is 5.56 Å².